The molecule has 0 fully saturated rings. The van der Waals surface area contributed by atoms with Crippen LogP contribution >= 0.6 is 0 Å². The van der Waals surface area contributed by atoms with Crippen molar-refractivity contribution in [3.63, 3.8) is 0 Å². The van der Waals surface area contributed by atoms with E-state index in [-0.39, 0.29) is 30.0 Å². The first-order valence-corrected chi connectivity index (χ1v) is 13.5. The summed E-state index contributed by atoms with van der Waals surface area (Å²) in [6, 6.07) is 17.2. The Bertz CT molecular complexity index is 1410. The maximum absolute atomic E-state index is 13.8. The van der Waals surface area contributed by atoms with E-state index in [1.54, 1.807) is 31.3 Å². The topological polar surface area (TPSA) is 84.9 Å². The van der Waals surface area contributed by atoms with Crippen LogP contribution in [0.2, 0.25) is 0 Å². The Labute approximate surface area is 217 Å². The number of sulfonamides is 1. The molecule has 1 heterocycles. The van der Waals surface area contributed by atoms with Gasteiger partial charge in [-0.1, -0.05) is 48.5 Å². The normalized spacial score (nSPS) is 17.3. The molecule has 37 heavy (non-hydrogen) atoms. The van der Waals surface area contributed by atoms with E-state index in [4.69, 9.17) is 9.47 Å². The third-order valence-electron chi connectivity index (χ3n) is 6.74. The minimum absolute atomic E-state index is 0.0987. The van der Waals surface area contributed by atoms with Crippen molar-refractivity contribution in [1.82, 2.24) is 4.72 Å². The van der Waals surface area contributed by atoms with Crippen LogP contribution in [0.15, 0.2) is 65.6 Å². The number of nitrogens with one attached hydrogen (secondary N) is 1. The molecule has 1 unspecified atom stereocenters. The molecule has 0 saturated carbocycles. The van der Waals surface area contributed by atoms with Crippen molar-refractivity contribution >= 4 is 21.6 Å². The Kier molecular flexibility index (Phi) is 7.80. The van der Waals surface area contributed by atoms with E-state index in [9.17, 15) is 17.6 Å². The summed E-state index contributed by atoms with van der Waals surface area (Å²) in [6.45, 7) is 4.16. The molecular weight excluding hydrogens is 495 g/mol. The Morgan fingerprint density at radius 3 is 2.49 bits per heavy atom. The van der Waals surface area contributed by atoms with Crippen molar-refractivity contribution in [2.24, 2.45) is 0 Å². The molecule has 3 aromatic carbocycles. The lowest BCUT2D eigenvalue weighted by atomic mass is 9.78. The maximum Gasteiger partial charge on any atom is 0.243 e. The Morgan fingerprint density at radius 1 is 1.08 bits per heavy atom. The van der Waals surface area contributed by atoms with Crippen LogP contribution in [0.25, 0.3) is 11.1 Å². The van der Waals surface area contributed by atoms with E-state index in [0.29, 0.717) is 35.4 Å². The fourth-order valence-corrected chi connectivity index (χ4v) is 6.25. The number of methoxy groups -OCH3 is 1. The van der Waals surface area contributed by atoms with E-state index in [2.05, 4.69) is 4.72 Å². The van der Waals surface area contributed by atoms with Crippen molar-refractivity contribution in [2.45, 2.75) is 37.2 Å². The Morgan fingerprint density at radius 2 is 1.81 bits per heavy atom. The number of anilines is 1. The van der Waals surface area contributed by atoms with Crippen LogP contribution in [-0.2, 0) is 42.7 Å². The van der Waals surface area contributed by atoms with Crippen molar-refractivity contribution in [3.8, 4) is 11.1 Å². The zero-order valence-corrected chi connectivity index (χ0v) is 22.2. The summed E-state index contributed by atoms with van der Waals surface area (Å²) in [4.78, 5) is 14.8. The predicted molar refractivity (Wildman–Crippen MR) is 140 cm³/mol. The summed E-state index contributed by atoms with van der Waals surface area (Å²) >= 11 is 0. The number of nitrogens with zero attached hydrogens (tertiary/aromatic N) is 1. The van der Waals surface area contributed by atoms with Gasteiger partial charge in [0.1, 0.15) is 12.5 Å². The average Bonchev–Trinajstić information content (AvgIpc) is 3.06. The Hall–Kier alpha value is -3.11. The first-order chi connectivity index (χ1) is 17.6. The zero-order valence-electron chi connectivity index (χ0n) is 21.4. The van der Waals surface area contributed by atoms with E-state index in [0.717, 1.165) is 11.1 Å². The minimum Gasteiger partial charge on any atom is -0.377 e. The fourth-order valence-electron chi connectivity index (χ4n) is 4.89. The van der Waals surface area contributed by atoms with E-state index < -0.39 is 15.4 Å². The van der Waals surface area contributed by atoms with Crippen molar-refractivity contribution in [2.75, 3.05) is 32.4 Å². The highest BCUT2D eigenvalue weighted by molar-refractivity contribution is 7.89. The summed E-state index contributed by atoms with van der Waals surface area (Å²) in [7, 11) is -0.817. The van der Waals surface area contributed by atoms with Crippen LogP contribution in [0.5, 0.6) is 0 Å². The quantitative estimate of drug-likeness (QED) is 0.396. The van der Waals surface area contributed by atoms with Crippen LogP contribution in [0.4, 0.5) is 10.1 Å². The monoisotopic (exact) mass is 526 g/mol. The van der Waals surface area contributed by atoms with Crippen molar-refractivity contribution < 1.29 is 27.1 Å². The summed E-state index contributed by atoms with van der Waals surface area (Å²) < 4.78 is 53.2. The summed E-state index contributed by atoms with van der Waals surface area (Å²) in [5.41, 5.74) is 3.22. The van der Waals surface area contributed by atoms with Gasteiger partial charge in [0.2, 0.25) is 15.9 Å². The second-order valence-corrected chi connectivity index (χ2v) is 10.9. The van der Waals surface area contributed by atoms with E-state index in [1.807, 2.05) is 38.1 Å². The number of carbonyl (C=O) groups excluding carboxylic acids is 1. The largest absolute Gasteiger partial charge is 0.377 e. The molecule has 1 N–H and O–H groups in total. The molecule has 0 spiro atoms. The standard InChI is InChI=1S/C28H31FN2O5S/c1-5-36-17-21-7-6-8-23(26(21)37(33,34)30-18-35-4)20-11-9-19(10-12-20)16-28(2)24-14-13-22(29)15-25(24)31(3)27(28)32/h6-15,30H,5,16-18H2,1-4H3. The molecule has 1 atom stereocenters. The lowest BCUT2D eigenvalue weighted by Crippen LogP contribution is -2.37. The zero-order chi connectivity index (χ0) is 26.8. The van der Waals surface area contributed by atoms with Gasteiger partial charge in [-0.25, -0.2) is 12.8 Å². The van der Waals surface area contributed by atoms with Crippen LogP contribution in [-0.4, -0.2) is 41.8 Å². The van der Waals surface area contributed by atoms with E-state index in [1.165, 1.54) is 24.1 Å². The molecular formula is C28H31FN2O5S. The van der Waals surface area contributed by atoms with Crippen LogP contribution in [0.3, 0.4) is 0 Å². The smallest absolute Gasteiger partial charge is 0.243 e. The van der Waals surface area contributed by atoms with E-state index >= 15 is 0 Å². The van der Waals surface area contributed by atoms with Crippen LogP contribution < -0.4 is 9.62 Å². The fraction of sp³-hybridized carbons (Fsp3) is 0.321. The number of rotatable bonds is 10. The predicted octanol–water partition coefficient (Wildman–Crippen LogP) is 4.39. The minimum atomic E-state index is -3.89. The summed E-state index contributed by atoms with van der Waals surface area (Å²) in [5, 5.41) is 0. The highest BCUT2D eigenvalue weighted by atomic mass is 32.2. The van der Waals surface area contributed by atoms with Gasteiger partial charge in [0.15, 0.2) is 0 Å². The Balaban J connectivity index is 1.70. The SMILES string of the molecule is CCOCc1cccc(-c2ccc(CC3(C)C(=O)N(C)c4cc(F)ccc43)cc2)c1S(=O)(=O)NCOC. The molecule has 0 radical (unpaired) electrons. The molecule has 3 aromatic rings. The van der Waals surface area contributed by atoms with Gasteiger partial charge in [0.05, 0.1) is 22.6 Å². The van der Waals surface area contributed by atoms with Crippen LogP contribution in [0.1, 0.15) is 30.5 Å². The van der Waals surface area contributed by atoms with Crippen molar-refractivity contribution in [1.29, 1.82) is 0 Å². The van der Waals surface area contributed by atoms with Gasteiger partial charge < -0.3 is 14.4 Å². The lowest BCUT2D eigenvalue weighted by Gasteiger charge is -2.23. The lowest BCUT2D eigenvalue weighted by molar-refractivity contribution is -0.122. The molecule has 1 aliphatic heterocycles. The number of fused-ring (bicyclic) bond motifs is 1. The van der Waals surface area contributed by atoms with Gasteiger partial charge in [-0.3, -0.25) is 4.79 Å². The number of amides is 1. The second kappa shape index (κ2) is 10.7. The third-order valence-corrected chi connectivity index (χ3v) is 8.25. The van der Waals surface area contributed by atoms with Gasteiger partial charge in [-0.05, 0) is 54.7 Å². The number of carbonyl (C=O) groups is 1. The highest BCUT2D eigenvalue weighted by Gasteiger charge is 2.46. The van der Waals surface area contributed by atoms with Gasteiger partial charge in [0, 0.05) is 26.3 Å². The average molecular weight is 527 g/mol. The molecule has 0 aliphatic carbocycles. The summed E-state index contributed by atoms with van der Waals surface area (Å²) in [6.07, 6.45) is 0.417. The molecule has 196 valence electrons. The number of hydrogen-bond acceptors (Lipinski definition) is 5. The molecule has 4 rings (SSSR count). The number of halogens is 1. The molecule has 1 amide bonds. The molecule has 1 aliphatic rings. The molecule has 0 aromatic heterocycles. The molecule has 0 bridgehead atoms. The number of ether oxygens (including phenoxy) is 2. The third kappa shape index (κ3) is 5.17. The second-order valence-electron chi connectivity index (χ2n) is 9.24. The molecule has 9 heteroatoms. The van der Waals surface area contributed by atoms with Gasteiger partial charge in [-0.2, -0.15) is 4.72 Å². The number of benzene rings is 3. The van der Waals surface area contributed by atoms with Gasteiger partial charge >= 0.3 is 0 Å². The number of hydrogen-bond donors (Lipinski definition) is 1. The first-order valence-electron chi connectivity index (χ1n) is 12.0. The summed E-state index contributed by atoms with van der Waals surface area (Å²) in [5.74, 6) is -0.484. The first kappa shape index (κ1) is 26.9. The van der Waals surface area contributed by atoms with Gasteiger partial charge in [0.25, 0.3) is 0 Å². The highest BCUT2D eigenvalue weighted by Crippen LogP contribution is 2.43. The molecule has 0 saturated heterocycles. The molecule has 7 nitrogen and oxygen atoms in total. The maximum atomic E-state index is 13.8. The number of likely N-dealkylation sites (N-methyl/N-ethyl adjacent to an activating group) is 1. The van der Waals surface area contributed by atoms with Crippen LogP contribution in [0, 0.1) is 5.82 Å². The van der Waals surface area contributed by atoms with Crippen molar-refractivity contribution in [3.05, 3.63) is 83.2 Å². The van der Waals surface area contributed by atoms with Gasteiger partial charge in [-0.15, -0.1) is 0 Å².